The number of rotatable bonds is 14. The van der Waals surface area contributed by atoms with Gasteiger partial charge in [0.05, 0.1) is 0 Å². The van der Waals surface area contributed by atoms with E-state index in [9.17, 15) is 0 Å². The summed E-state index contributed by atoms with van der Waals surface area (Å²) < 4.78 is 15.8. The van der Waals surface area contributed by atoms with Gasteiger partial charge in [-0.15, -0.1) is 0 Å². The van der Waals surface area contributed by atoms with Crippen LogP contribution in [0.4, 0.5) is 0 Å². The van der Waals surface area contributed by atoms with Crippen molar-refractivity contribution in [3.05, 3.63) is 35.4 Å². The number of fused-ring (bicyclic) bond motifs is 2. The first-order valence-corrected chi connectivity index (χ1v) is 21.2. The molecule has 2 aromatic carbocycles. The summed E-state index contributed by atoms with van der Waals surface area (Å²) in [5.41, 5.74) is 2.95. The van der Waals surface area contributed by atoms with Gasteiger partial charge in [-0.3, -0.25) is 0 Å². The van der Waals surface area contributed by atoms with E-state index in [0.717, 1.165) is 37.6 Å². The second-order valence-corrected chi connectivity index (χ2v) is 17.5. The van der Waals surface area contributed by atoms with Gasteiger partial charge in [-0.2, -0.15) is 0 Å². The number of ether oxygens (including phenoxy) is 2. The maximum atomic E-state index is 6.43. The molecule has 6 heteroatoms. The van der Waals surface area contributed by atoms with E-state index >= 15 is 0 Å². The molecule has 0 amide bonds. The van der Waals surface area contributed by atoms with Crippen LogP contribution in [-0.2, 0) is 0 Å². The van der Waals surface area contributed by atoms with E-state index in [1.165, 1.54) is 68.4 Å². The summed E-state index contributed by atoms with van der Waals surface area (Å²) in [6.07, 6.45) is 9.92. The average Bonchev–Trinajstić information content (AvgIpc) is 2.84. The molecule has 3 rings (SSSR count). The van der Waals surface area contributed by atoms with E-state index in [1.807, 2.05) is 0 Å². The standard InChI is InChI=1S/C30H44O2S2Se2/c1-7-9-11-13-19-31-25-17-15-23(21(3)4)27-29(25)35-34-28-24(22(5)6)16-18-26(30(28)36-33-27)32-20-14-12-10-8-2/h15-18,21-22H,7-14,19-20H2,1-6H3. The molecule has 0 aliphatic carbocycles. The summed E-state index contributed by atoms with van der Waals surface area (Å²) in [5.74, 6) is 3.27. The second kappa shape index (κ2) is 16.0. The van der Waals surface area contributed by atoms with E-state index in [2.05, 4.69) is 86.2 Å². The summed E-state index contributed by atoms with van der Waals surface area (Å²) in [4.78, 5) is 2.97. The third-order valence-electron chi connectivity index (χ3n) is 6.38. The Kier molecular flexibility index (Phi) is 13.5. The van der Waals surface area contributed by atoms with Crippen LogP contribution in [0.5, 0.6) is 11.5 Å². The van der Waals surface area contributed by atoms with Crippen molar-refractivity contribution in [1.82, 2.24) is 0 Å². The van der Waals surface area contributed by atoms with Gasteiger partial charge in [0.1, 0.15) is 0 Å². The minimum atomic E-state index is 0.251. The Morgan fingerprint density at radius 1 is 0.611 bits per heavy atom. The van der Waals surface area contributed by atoms with Crippen LogP contribution in [0, 0.1) is 0 Å². The third-order valence-corrected chi connectivity index (χ3v) is 15.6. The monoisotopic (exact) mass is 660 g/mol. The topological polar surface area (TPSA) is 18.5 Å². The summed E-state index contributed by atoms with van der Waals surface area (Å²) in [5, 5.41) is 0. The maximum absolute atomic E-state index is 6.43. The molecule has 0 radical (unpaired) electrons. The SMILES string of the molecule is CCCCCCOc1ccc(C(C)C)c2c1[Se]Sc1c(C(C)C)ccc(OCCCCCC)c1[Se]S2. The van der Waals surface area contributed by atoms with Crippen molar-refractivity contribution in [2.45, 2.75) is 115 Å². The van der Waals surface area contributed by atoms with Gasteiger partial charge in [-0.25, -0.2) is 0 Å². The average molecular weight is 659 g/mol. The molecule has 1 aliphatic rings. The van der Waals surface area contributed by atoms with Crippen LogP contribution in [0.2, 0.25) is 0 Å². The predicted molar refractivity (Wildman–Crippen MR) is 163 cm³/mol. The molecule has 0 spiro atoms. The van der Waals surface area contributed by atoms with Gasteiger partial charge in [0.2, 0.25) is 0 Å². The molecule has 0 fully saturated rings. The molecule has 200 valence electrons. The van der Waals surface area contributed by atoms with Crippen molar-refractivity contribution in [3.8, 4) is 11.5 Å². The van der Waals surface area contributed by atoms with E-state index < -0.39 is 0 Å². The van der Waals surface area contributed by atoms with E-state index in [0.29, 0.717) is 11.8 Å². The number of hydrogen-bond donors (Lipinski definition) is 0. The molecule has 36 heavy (non-hydrogen) atoms. The Labute approximate surface area is 239 Å². The summed E-state index contributed by atoms with van der Waals surface area (Å²) in [7, 11) is 4.14. The molecule has 0 aromatic heterocycles. The summed E-state index contributed by atoms with van der Waals surface area (Å²) in [6, 6.07) is 9.16. The van der Waals surface area contributed by atoms with Crippen LogP contribution in [0.1, 0.15) is 116 Å². The van der Waals surface area contributed by atoms with Crippen molar-refractivity contribution in [1.29, 1.82) is 0 Å². The zero-order chi connectivity index (χ0) is 25.9. The van der Waals surface area contributed by atoms with Crippen molar-refractivity contribution in [3.63, 3.8) is 0 Å². The first kappa shape index (κ1) is 30.3. The van der Waals surface area contributed by atoms with Crippen LogP contribution in [0.15, 0.2) is 34.1 Å². The second-order valence-electron chi connectivity index (χ2n) is 10.1. The molecule has 0 bridgehead atoms. The van der Waals surface area contributed by atoms with Gasteiger partial charge in [0, 0.05) is 0 Å². The van der Waals surface area contributed by atoms with E-state index in [4.69, 9.17) is 9.47 Å². The van der Waals surface area contributed by atoms with Crippen LogP contribution in [-0.4, -0.2) is 40.9 Å². The zero-order valence-electron chi connectivity index (χ0n) is 23.0. The van der Waals surface area contributed by atoms with Gasteiger partial charge in [-0.1, -0.05) is 0 Å². The van der Waals surface area contributed by atoms with Gasteiger partial charge in [-0.05, 0) is 0 Å². The molecule has 1 aliphatic heterocycles. The molecule has 0 unspecified atom stereocenters. The Balaban J connectivity index is 1.89. The molecular formula is C30H44O2S2Se2. The quantitative estimate of drug-likeness (QED) is 0.150. The van der Waals surface area contributed by atoms with Crippen molar-refractivity contribution in [2.24, 2.45) is 0 Å². The number of unbranched alkanes of at least 4 members (excludes halogenated alkanes) is 6. The Bertz CT molecular complexity index is 885. The summed E-state index contributed by atoms with van der Waals surface area (Å²) >= 11 is 0.501. The van der Waals surface area contributed by atoms with E-state index in [1.54, 1.807) is 0 Å². The molecule has 0 N–H and O–H groups in total. The van der Waals surface area contributed by atoms with Crippen molar-refractivity contribution < 1.29 is 9.47 Å². The normalized spacial score (nSPS) is 13.3. The molecular weight excluding hydrogens is 614 g/mol. The van der Waals surface area contributed by atoms with Crippen molar-refractivity contribution >= 4 is 57.0 Å². The Morgan fingerprint density at radius 3 is 1.39 bits per heavy atom. The van der Waals surface area contributed by atoms with E-state index in [-0.39, 0.29) is 27.7 Å². The predicted octanol–water partition coefficient (Wildman–Crippen LogP) is 8.24. The fourth-order valence-electron chi connectivity index (χ4n) is 4.17. The Morgan fingerprint density at radius 2 is 1.03 bits per heavy atom. The molecule has 1 heterocycles. The minimum absolute atomic E-state index is 0.251. The fourth-order valence-corrected chi connectivity index (χ4v) is 16.5. The first-order valence-electron chi connectivity index (χ1n) is 13.8. The van der Waals surface area contributed by atoms with Crippen molar-refractivity contribution in [2.75, 3.05) is 13.2 Å². The van der Waals surface area contributed by atoms with Gasteiger partial charge in [0.25, 0.3) is 0 Å². The number of hydrogen-bond acceptors (Lipinski definition) is 4. The fraction of sp³-hybridized carbons (Fsp3) is 0.600. The molecule has 0 saturated carbocycles. The van der Waals surface area contributed by atoms with Gasteiger partial charge < -0.3 is 0 Å². The summed E-state index contributed by atoms with van der Waals surface area (Å²) in [6.45, 7) is 15.5. The van der Waals surface area contributed by atoms with Crippen LogP contribution >= 0.6 is 20.4 Å². The first-order chi connectivity index (χ1) is 17.5. The Hall–Kier alpha value is -0.221. The zero-order valence-corrected chi connectivity index (χ0v) is 28.0. The van der Waals surface area contributed by atoms with Crippen LogP contribution in [0.25, 0.3) is 0 Å². The molecule has 2 nitrogen and oxygen atoms in total. The molecule has 2 aromatic rings. The van der Waals surface area contributed by atoms with Crippen LogP contribution < -0.4 is 18.4 Å². The van der Waals surface area contributed by atoms with Gasteiger partial charge >= 0.3 is 241 Å². The third kappa shape index (κ3) is 8.39. The van der Waals surface area contributed by atoms with Crippen LogP contribution in [0.3, 0.4) is 0 Å². The molecule has 0 saturated heterocycles. The number of benzene rings is 2. The molecule has 0 atom stereocenters. The van der Waals surface area contributed by atoms with Gasteiger partial charge in [0.15, 0.2) is 0 Å².